The predicted molar refractivity (Wildman–Crippen MR) is 132 cm³/mol. The summed E-state index contributed by atoms with van der Waals surface area (Å²) < 4.78 is 0. The Hall–Kier alpha value is -2.60. The lowest BCUT2D eigenvalue weighted by atomic mass is 9.77. The highest BCUT2D eigenvalue weighted by molar-refractivity contribution is 5.74. The molecule has 0 radical (unpaired) electrons. The molecule has 0 aliphatic carbocycles. The maximum absolute atomic E-state index is 12.8. The van der Waals surface area contributed by atoms with Crippen LogP contribution in [0, 0.1) is 5.41 Å². The first kappa shape index (κ1) is 22.2. The van der Waals surface area contributed by atoms with Crippen LogP contribution in [0.25, 0.3) is 0 Å². The second-order valence-electron chi connectivity index (χ2n) is 10.2. The number of nitrogens with one attached hydrogen (secondary N) is 1. The Balaban J connectivity index is 1.07. The number of aromatic nitrogens is 1. The van der Waals surface area contributed by atoms with E-state index in [2.05, 4.69) is 62.6 Å². The number of hydrogen-bond donors (Lipinski definition) is 1. The van der Waals surface area contributed by atoms with Crippen molar-refractivity contribution in [3.05, 3.63) is 59.8 Å². The summed E-state index contributed by atoms with van der Waals surface area (Å²) in [5.41, 5.74) is 2.76. The summed E-state index contributed by atoms with van der Waals surface area (Å²) in [5.74, 6) is 1.06. The summed E-state index contributed by atoms with van der Waals surface area (Å²) in [7, 11) is 0. The van der Waals surface area contributed by atoms with Crippen molar-refractivity contribution >= 4 is 11.8 Å². The number of piperidine rings is 2. The molecule has 1 spiro atoms. The Morgan fingerprint density at radius 3 is 2.36 bits per heavy atom. The van der Waals surface area contributed by atoms with E-state index >= 15 is 0 Å². The Labute approximate surface area is 198 Å². The van der Waals surface area contributed by atoms with Crippen molar-refractivity contribution in [3.63, 3.8) is 0 Å². The highest BCUT2D eigenvalue weighted by Gasteiger charge is 2.41. The van der Waals surface area contributed by atoms with E-state index in [1.807, 2.05) is 11.1 Å². The molecule has 2 amide bonds. The third-order valence-electron chi connectivity index (χ3n) is 7.82. The maximum atomic E-state index is 12.8. The number of likely N-dealkylation sites (tertiary alicyclic amines) is 2. The van der Waals surface area contributed by atoms with E-state index in [1.54, 1.807) is 0 Å². The van der Waals surface area contributed by atoms with Gasteiger partial charge in [-0.25, -0.2) is 9.78 Å². The zero-order valence-corrected chi connectivity index (χ0v) is 19.7. The standard InChI is InChI=1S/C27H37N5O/c33-26(29-20-24-9-10-25(28-19-24)31-14-5-2-6-15-31)32-18-13-27(22-32)11-16-30(17-12-27)21-23-7-3-1-4-8-23/h1,3-4,7-10,19H,2,5-6,11-18,20-22H2,(H,29,33). The van der Waals surface area contributed by atoms with Gasteiger partial charge in [0.1, 0.15) is 5.82 Å². The van der Waals surface area contributed by atoms with Gasteiger partial charge in [-0.05, 0) is 74.2 Å². The molecule has 0 saturated carbocycles. The molecule has 2 aromatic rings. The Morgan fingerprint density at radius 1 is 0.879 bits per heavy atom. The van der Waals surface area contributed by atoms with Crippen molar-refractivity contribution in [2.45, 2.75) is 51.6 Å². The van der Waals surface area contributed by atoms with E-state index in [1.165, 1.54) is 37.7 Å². The zero-order chi connectivity index (χ0) is 22.5. The number of benzene rings is 1. The van der Waals surface area contributed by atoms with Gasteiger partial charge in [0.05, 0.1) is 0 Å². The van der Waals surface area contributed by atoms with E-state index in [9.17, 15) is 4.79 Å². The van der Waals surface area contributed by atoms with Crippen molar-refractivity contribution < 1.29 is 4.79 Å². The van der Waals surface area contributed by atoms with E-state index in [-0.39, 0.29) is 6.03 Å². The van der Waals surface area contributed by atoms with Crippen LogP contribution >= 0.6 is 0 Å². The van der Waals surface area contributed by atoms with Gasteiger partial charge in [-0.15, -0.1) is 0 Å². The lowest BCUT2D eigenvalue weighted by Gasteiger charge is -2.39. The maximum Gasteiger partial charge on any atom is 0.317 e. The lowest BCUT2D eigenvalue weighted by Crippen LogP contribution is -2.43. The average Bonchev–Trinajstić information content (AvgIpc) is 3.29. The number of carbonyl (C=O) groups excluding carboxylic acids is 1. The topological polar surface area (TPSA) is 51.7 Å². The first-order valence-electron chi connectivity index (χ1n) is 12.7. The Morgan fingerprint density at radius 2 is 1.64 bits per heavy atom. The second kappa shape index (κ2) is 10.1. The molecule has 6 nitrogen and oxygen atoms in total. The highest BCUT2D eigenvalue weighted by Crippen LogP contribution is 2.40. The number of amides is 2. The van der Waals surface area contributed by atoms with Gasteiger partial charge in [0.2, 0.25) is 0 Å². The number of nitrogens with zero attached hydrogens (tertiary/aromatic N) is 4. The SMILES string of the molecule is O=C(NCc1ccc(N2CCCCC2)nc1)N1CCC2(CCN(Cc3ccccc3)CC2)C1. The van der Waals surface area contributed by atoms with Crippen LogP contribution in [0.15, 0.2) is 48.7 Å². The Bertz CT molecular complexity index is 902. The highest BCUT2D eigenvalue weighted by atomic mass is 16.2. The summed E-state index contributed by atoms with van der Waals surface area (Å²) >= 11 is 0. The number of rotatable bonds is 5. The molecule has 1 aromatic heterocycles. The lowest BCUT2D eigenvalue weighted by molar-refractivity contribution is 0.105. The van der Waals surface area contributed by atoms with Crippen molar-refractivity contribution in [1.82, 2.24) is 20.1 Å². The third-order valence-corrected chi connectivity index (χ3v) is 7.82. The molecule has 0 unspecified atom stereocenters. The minimum absolute atomic E-state index is 0.0682. The average molecular weight is 448 g/mol. The number of pyridine rings is 1. The number of hydrogen-bond acceptors (Lipinski definition) is 4. The van der Waals surface area contributed by atoms with Crippen LogP contribution in [0.5, 0.6) is 0 Å². The predicted octanol–water partition coefficient (Wildman–Crippen LogP) is 4.27. The minimum Gasteiger partial charge on any atom is -0.357 e. The van der Waals surface area contributed by atoms with Crippen LogP contribution in [0.1, 0.15) is 49.7 Å². The molecule has 0 bridgehead atoms. The van der Waals surface area contributed by atoms with Gasteiger partial charge < -0.3 is 15.1 Å². The zero-order valence-electron chi connectivity index (χ0n) is 19.7. The number of carbonyl (C=O) groups is 1. The van der Waals surface area contributed by atoms with E-state index in [0.29, 0.717) is 12.0 Å². The molecule has 0 atom stereocenters. The van der Waals surface area contributed by atoms with E-state index < -0.39 is 0 Å². The second-order valence-corrected chi connectivity index (χ2v) is 10.2. The van der Waals surface area contributed by atoms with E-state index in [0.717, 1.165) is 63.6 Å². The molecule has 33 heavy (non-hydrogen) atoms. The van der Waals surface area contributed by atoms with Crippen molar-refractivity contribution in [1.29, 1.82) is 0 Å². The fourth-order valence-corrected chi connectivity index (χ4v) is 5.66. The van der Waals surface area contributed by atoms with Crippen LogP contribution in [-0.2, 0) is 13.1 Å². The van der Waals surface area contributed by atoms with Crippen LogP contribution in [-0.4, -0.2) is 60.1 Å². The molecule has 5 rings (SSSR count). The third kappa shape index (κ3) is 5.49. The van der Waals surface area contributed by atoms with Crippen LogP contribution in [0.2, 0.25) is 0 Å². The van der Waals surface area contributed by atoms with Gasteiger partial charge >= 0.3 is 6.03 Å². The summed E-state index contributed by atoms with van der Waals surface area (Å²) in [4.78, 5) is 24.4. The minimum atomic E-state index is 0.0682. The van der Waals surface area contributed by atoms with Crippen molar-refractivity contribution in [3.8, 4) is 0 Å². The summed E-state index contributed by atoms with van der Waals surface area (Å²) in [5, 5.41) is 3.13. The first-order valence-corrected chi connectivity index (χ1v) is 12.7. The van der Waals surface area contributed by atoms with Gasteiger partial charge in [0.15, 0.2) is 0 Å². The molecule has 1 aromatic carbocycles. The fraction of sp³-hybridized carbons (Fsp3) is 0.556. The van der Waals surface area contributed by atoms with Crippen LogP contribution in [0.4, 0.5) is 10.6 Å². The van der Waals surface area contributed by atoms with Gasteiger partial charge in [-0.3, -0.25) is 4.90 Å². The van der Waals surface area contributed by atoms with E-state index in [4.69, 9.17) is 0 Å². The molecule has 3 fully saturated rings. The molecule has 3 aliphatic rings. The molecular weight excluding hydrogens is 410 g/mol. The normalized spacial score (nSPS) is 20.8. The molecule has 3 saturated heterocycles. The number of anilines is 1. The monoisotopic (exact) mass is 447 g/mol. The fourth-order valence-electron chi connectivity index (χ4n) is 5.66. The smallest absolute Gasteiger partial charge is 0.317 e. The van der Waals surface area contributed by atoms with Gasteiger partial charge in [-0.1, -0.05) is 36.4 Å². The summed E-state index contributed by atoms with van der Waals surface area (Å²) in [6.45, 7) is 7.79. The van der Waals surface area contributed by atoms with Gasteiger partial charge in [0, 0.05) is 45.5 Å². The van der Waals surface area contributed by atoms with Crippen molar-refractivity contribution in [2.24, 2.45) is 5.41 Å². The molecule has 176 valence electrons. The number of urea groups is 1. The van der Waals surface area contributed by atoms with Gasteiger partial charge in [0.25, 0.3) is 0 Å². The van der Waals surface area contributed by atoms with Crippen LogP contribution in [0.3, 0.4) is 0 Å². The summed E-state index contributed by atoms with van der Waals surface area (Å²) in [6, 6.07) is 15.0. The molecule has 4 heterocycles. The van der Waals surface area contributed by atoms with Gasteiger partial charge in [-0.2, -0.15) is 0 Å². The molecular formula is C27H37N5O. The first-order chi connectivity index (χ1) is 16.2. The van der Waals surface area contributed by atoms with Crippen LogP contribution < -0.4 is 10.2 Å². The quantitative estimate of drug-likeness (QED) is 0.744. The van der Waals surface area contributed by atoms with Crippen molar-refractivity contribution in [2.75, 3.05) is 44.2 Å². The molecule has 6 heteroatoms. The molecule has 3 aliphatic heterocycles. The molecule has 1 N–H and O–H groups in total. The Kier molecular flexibility index (Phi) is 6.81. The largest absolute Gasteiger partial charge is 0.357 e. The summed E-state index contributed by atoms with van der Waals surface area (Å²) in [6.07, 6.45) is 9.24.